The van der Waals surface area contributed by atoms with Gasteiger partial charge in [-0.2, -0.15) is 5.10 Å². The molecule has 4 nitrogen and oxygen atoms in total. The number of hydrogen-bond acceptors (Lipinski definition) is 3. The summed E-state index contributed by atoms with van der Waals surface area (Å²) in [5.74, 6) is 2.89. The third-order valence-corrected chi connectivity index (χ3v) is 5.04. The fourth-order valence-electron chi connectivity index (χ4n) is 3.71. The molecule has 1 aromatic rings. The second-order valence-corrected chi connectivity index (χ2v) is 6.77. The van der Waals surface area contributed by atoms with Crippen molar-refractivity contribution >= 4 is 0 Å². The Hall–Kier alpha value is -0.900. The highest BCUT2D eigenvalue weighted by Gasteiger charge is 2.27. The fraction of sp³-hybridized carbons (Fsp3) is 0.882. The van der Waals surface area contributed by atoms with Crippen molar-refractivity contribution in [1.29, 1.82) is 0 Å². The first-order valence-corrected chi connectivity index (χ1v) is 8.77. The molecule has 1 unspecified atom stereocenters. The van der Waals surface area contributed by atoms with E-state index in [1.165, 1.54) is 32.1 Å². The van der Waals surface area contributed by atoms with Crippen LogP contribution in [0.2, 0.25) is 0 Å². The van der Waals surface area contributed by atoms with Crippen molar-refractivity contribution in [3.05, 3.63) is 12.2 Å². The molecule has 0 saturated heterocycles. The largest absolute Gasteiger partial charge is 0.314 e. The highest BCUT2D eigenvalue weighted by molar-refractivity contribution is 4.94. The zero-order valence-corrected chi connectivity index (χ0v) is 14.2. The summed E-state index contributed by atoms with van der Waals surface area (Å²) in [5, 5.41) is 8.09. The second-order valence-electron chi connectivity index (χ2n) is 6.77. The summed E-state index contributed by atoms with van der Waals surface area (Å²) >= 11 is 0. The van der Waals surface area contributed by atoms with Crippen LogP contribution in [0.3, 0.4) is 0 Å². The molecule has 1 saturated carbocycles. The summed E-state index contributed by atoms with van der Waals surface area (Å²) in [6.45, 7) is 9.92. The van der Waals surface area contributed by atoms with E-state index in [1.54, 1.807) is 6.33 Å². The van der Waals surface area contributed by atoms with E-state index >= 15 is 0 Å². The molecule has 21 heavy (non-hydrogen) atoms. The molecule has 0 amide bonds. The van der Waals surface area contributed by atoms with E-state index in [-0.39, 0.29) is 0 Å². The van der Waals surface area contributed by atoms with Crippen LogP contribution < -0.4 is 5.32 Å². The minimum absolute atomic E-state index is 0.389. The van der Waals surface area contributed by atoms with Gasteiger partial charge in [0.2, 0.25) is 0 Å². The predicted molar refractivity (Wildman–Crippen MR) is 87.3 cm³/mol. The van der Waals surface area contributed by atoms with Crippen molar-refractivity contribution in [2.45, 2.75) is 78.3 Å². The number of aromatic nitrogens is 3. The van der Waals surface area contributed by atoms with Gasteiger partial charge >= 0.3 is 0 Å². The van der Waals surface area contributed by atoms with Crippen LogP contribution >= 0.6 is 0 Å². The third-order valence-electron chi connectivity index (χ3n) is 5.04. The molecule has 1 heterocycles. The molecule has 0 radical (unpaired) electrons. The molecular weight excluding hydrogens is 260 g/mol. The zero-order chi connectivity index (χ0) is 15.2. The zero-order valence-electron chi connectivity index (χ0n) is 14.2. The fourth-order valence-corrected chi connectivity index (χ4v) is 3.71. The van der Waals surface area contributed by atoms with Crippen LogP contribution in [0.15, 0.2) is 6.33 Å². The quantitative estimate of drug-likeness (QED) is 0.835. The van der Waals surface area contributed by atoms with Crippen molar-refractivity contribution < 1.29 is 0 Å². The van der Waals surface area contributed by atoms with Crippen molar-refractivity contribution in [2.24, 2.45) is 11.8 Å². The lowest BCUT2D eigenvalue weighted by Gasteiger charge is -2.34. The first kappa shape index (κ1) is 16.5. The standard InChI is InChI=1S/C17H32N4/c1-5-14-7-9-15(10-8-14)16(18-6-2)11-17-19-12-20-21(17)13(3)4/h12-16,18H,5-11H2,1-4H3. The van der Waals surface area contributed by atoms with Gasteiger partial charge in [0.25, 0.3) is 0 Å². The summed E-state index contributed by atoms with van der Waals surface area (Å²) in [4.78, 5) is 4.50. The molecule has 1 aliphatic rings. The summed E-state index contributed by atoms with van der Waals surface area (Å²) in [7, 11) is 0. The smallest absolute Gasteiger partial charge is 0.138 e. The van der Waals surface area contributed by atoms with E-state index in [2.05, 4.69) is 47.8 Å². The lowest BCUT2D eigenvalue weighted by atomic mass is 9.77. The van der Waals surface area contributed by atoms with Gasteiger partial charge in [0.15, 0.2) is 0 Å². The molecule has 1 N–H and O–H groups in total. The van der Waals surface area contributed by atoms with Gasteiger partial charge < -0.3 is 5.32 Å². The number of rotatable bonds is 7. The lowest BCUT2D eigenvalue weighted by Crippen LogP contribution is -2.40. The Balaban J connectivity index is 2.00. The maximum absolute atomic E-state index is 4.50. The van der Waals surface area contributed by atoms with Gasteiger partial charge in [-0.25, -0.2) is 9.67 Å². The van der Waals surface area contributed by atoms with E-state index in [4.69, 9.17) is 0 Å². The van der Waals surface area contributed by atoms with Crippen molar-refractivity contribution in [1.82, 2.24) is 20.1 Å². The first-order chi connectivity index (χ1) is 10.2. The number of hydrogen-bond donors (Lipinski definition) is 1. The minimum atomic E-state index is 0.389. The Morgan fingerprint density at radius 1 is 1.24 bits per heavy atom. The van der Waals surface area contributed by atoms with Gasteiger partial charge in [-0.05, 0) is 45.1 Å². The summed E-state index contributed by atoms with van der Waals surface area (Å²) in [5.41, 5.74) is 0. The molecule has 4 heteroatoms. The van der Waals surface area contributed by atoms with E-state index < -0.39 is 0 Å². The summed E-state index contributed by atoms with van der Waals surface area (Å²) in [6.07, 6.45) is 9.60. The molecule has 120 valence electrons. The molecule has 1 aliphatic carbocycles. The molecular formula is C17H32N4. The molecule has 1 fully saturated rings. The Morgan fingerprint density at radius 3 is 2.52 bits per heavy atom. The maximum atomic E-state index is 4.50. The summed E-state index contributed by atoms with van der Waals surface area (Å²) in [6, 6.07) is 0.940. The van der Waals surface area contributed by atoms with Gasteiger partial charge in [-0.1, -0.05) is 33.1 Å². The third kappa shape index (κ3) is 4.29. The van der Waals surface area contributed by atoms with Crippen LogP contribution in [0.5, 0.6) is 0 Å². The van der Waals surface area contributed by atoms with Crippen LogP contribution in [0.25, 0.3) is 0 Å². The van der Waals surface area contributed by atoms with Crippen molar-refractivity contribution in [2.75, 3.05) is 6.54 Å². The van der Waals surface area contributed by atoms with E-state index in [1.807, 2.05) is 0 Å². The average Bonchev–Trinajstić information content (AvgIpc) is 2.95. The highest BCUT2D eigenvalue weighted by atomic mass is 15.3. The lowest BCUT2D eigenvalue weighted by molar-refractivity contribution is 0.215. The Labute approximate surface area is 129 Å². The Bertz CT molecular complexity index is 405. The molecule has 0 aromatic carbocycles. The second kappa shape index (κ2) is 7.92. The molecule has 0 aliphatic heterocycles. The van der Waals surface area contributed by atoms with E-state index in [9.17, 15) is 0 Å². The normalized spacial score (nSPS) is 24.4. The SMILES string of the molecule is CCNC(Cc1ncnn1C(C)C)C1CCC(CC)CC1. The average molecular weight is 292 g/mol. The number of nitrogens with zero attached hydrogens (tertiary/aromatic N) is 3. The molecule has 0 bridgehead atoms. The van der Waals surface area contributed by atoms with E-state index in [0.29, 0.717) is 12.1 Å². The maximum Gasteiger partial charge on any atom is 0.138 e. The van der Waals surface area contributed by atoms with Crippen LogP contribution in [0, 0.1) is 11.8 Å². The van der Waals surface area contributed by atoms with Gasteiger partial charge in [0.1, 0.15) is 12.2 Å². The Morgan fingerprint density at radius 2 is 1.95 bits per heavy atom. The van der Waals surface area contributed by atoms with Crippen LogP contribution in [0.1, 0.15) is 71.7 Å². The highest BCUT2D eigenvalue weighted by Crippen LogP contribution is 2.33. The molecule has 0 spiro atoms. The predicted octanol–water partition coefficient (Wildman–Crippen LogP) is 3.60. The first-order valence-electron chi connectivity index (χ1n) is 8.77. The van der Waals surface area contributed by atoms with Crippen LogP contribution in [-0.2, 0) is 6.42 Å². The molecule has 1 aromatic heterocycles. The van der Waals surface area contributed by atoms with Gasteiger partial charge in [-0.15, -0.1) is 0 Å². The monoisotopic (exact) mass is 292 g/mol. The number of nitrogens with one attached hydrogen (secondary N) is 1. The van der Waals surface area contributed by atoms with Gasteiger partial charge in [0, 0.05) is 18.5 Å². The van der Waals surface area contributed by atoms with Gasteiger partial charge in [0.05, 0.1) is 0 Å². The Kier molecular flexibility index (Phi) is 6.22. The van der Waals surface area contributed by atoms with E-state index in [0.717, 1.165) is 30.6 Å². The molecule has 1 atom stereocenters. The minimum Gasteiger partial charge on any atom is -0.314 e. The van der Waals surface area contributed by atoms with Crippen LogP contribution in [0.4, 0.5) is 0 Å². The van der Waals surface area contributed by atoms with Crippen LogP contribution in [-0.4, -0.2) is 27.4 Å². The van der Waals surface area contributed by atoms with Gasteiger partial charge in [-0.3, -0.25) is 0 Å². The molecule has 2 rings (SSSR count). The van der Waals surface area contributed by atoms with Crippen molar-refractivity contribution in [3.63, 3.8) is 0 Å². The topological polar surface area (TPSA) is 42.7 Å². The number of likely N-dealkylation sites (N-methyl/N-ethyl adjacent to an activating group) is 1. The summed E-state index contributed by atoms with van der Waals surface area (Å²) < 4.78 is 2.07. The van der Waals surface area contributed by atoms with Crippen molar-refractivity contribution in [3.8, 4) is 0 Å².